The zero-order chi connectivity index (χ0) is 13.1. The van der Waals surface area contributed by atoms with Crippen LogP contribution in [0.15, 0.2) is 48.7 Å². The molecule has 0 atom stereocenters. The number of ether oxygens (including phenoxy) is 1. The van der Waals surface area contributed by atoms with Gasteiger partial charge >= 0.3 is 0 Å². The van der Waals surface area contributed by atoms with Gasteiger partial charge in [-0.25, -0.2) is 4.98 Å². The Labute approximate surface area is 118 Å². The van der Waals surface area contributed by atoms with Gasteiger partial charge in [-0.05, 0) is 36.0 Å². The number of benzene rings is 1. The molecule has 0 radical (unpaired) electrons. The third-order valence-corrected chi connectivity index (χ3v) is 3.97. The summed E-state index contributed by atoms with van der Waals surface area (Å²) in [6.07, 6.45) is 4.16. The molecule has 2 nitrogen and oxygen atoms in total. The van der Waals surface area contributed by atoms with E-state index < -0.39 is 0 Å². The van der Waals surface area contributed by atoms with Crippen molar-refractivity contribution >= 4 is 11.6 Å². The van der Waals surface area contributed by atoms with Crippen molar-refractivity contribution in [3.8, 4) is 0 Å². The maximum absolute atomic E-state index is 6.10. The largest absolute Gasteiger partial charge is 0.373 e. The quantitative estimate of drug-likeness (QED) is 0.779. The zero-order valence-electron chi connectivity index (χ0n) is 10.6. The standard InChI is InChI=1S/C16H16ClNO/c17-16-15(7-4-8-18-16)13-9-14(10-13)19-11-12-5-2-1-3-6-12/h1-8,13-14H,9-11H2. The van der Waals surface area contributed by atoms with E-state index in [9.17, 15) is 0 Å². The fourth-order valence-corrected chi connectivity index (χ4v) is 2.72. The van der Waals surface area contributed by atoms with Gasteiger partial charge in [0.05, 0.1) is 12.7 Å². The highest BCUT2D eigenvalue weighted by atomic mass is 35.5. The molecule has 1 heterocycles. The molecular weight excluding hydrogens is 258 g/mol. The fraction of sp³-hybridized carbons (Fsp3) is 0.312. The Bertz CT molecular complexity index is 537. The summed E-state index contributed by atoms with van der Waals surface area (Å²) in [7, 11) is 0. The molecule has 3 rings (SSSR count). The Morgan fingerprint density at radius 3 is 2.63 bits per heavy atom. The van der Waals surface area contributed by atoms with Gasteiger partial charge in [0.25, 0.3) is 0 Å². The van der Waals surface area contributed by atoms with E-state index in [2.05, 4.69) is 23.2 Å². The van der Waals surface area contributed by atoms with Crippen LogP contribution in [0, 0.1) is 0 Å². The van der Waals surface area contributed by atoms with Crippen molar-refractivity contribution in [2.24, 2.45) is 0 Å². The van der Waals surface area contributed by atoms with Gasteiger partial charge in [0, 0.05) is 6.20 Å². The number of pyridine rings is 1. The molecule has 1 aromatic carbocycles. The van der Waals surface area contributed by atoms with Crippen LogP contribution in [0.5, 0.6) is 0 Å². The van der Waals surface area contributed by atoms with Crippen LogP contribution < -0.4 is 0 Å². The number of halogens is 1. The summed E-state index contributed by atoms with van der Waals surface area (Å²) < 4.78 is 5.89. The Kier molecular flexibility index (Phi) is 3.81. The number of hydrogen-bond acceptors (Lipinski definition) is 2. The molecule has 0 unspecified atom stereocenters. The van der Waals surface area contributed by atoms with E-state index >= 15 is 0 Å². The predicted molar refractivity (Wildman–Crippen MR) is 76.2 cm³/mol. The lowest BCUT2D eigenvalue weighted by atomic mass is 9.78. The summed E-state index contributed by atoms with van der Waals surface area (Å²) >= 11 is 6.10. The summed E-state index contributed by atoms with van der Waals surface area (Å²) in [6.45, 7) is 0.693. The van der Waals surface area contributed by atoms with E-state index in [4.69, 9.17) is 16.3 Å². The van der Waals surface area contributed by atoms with Gasteiger partial charge < -0.3 is 4.74 Å². The lowest BCUT2D eigenvalue weighted by Gasteiger charge is -2.35. The molecule has 98 valence electrons. The fourth-order valence-electron chi connectivity index (χ4n) is 2.45. The molecule has 0 bridgehead atoms. The minimum Gasteiger partial charge on any atom is -0.373 e. The Morgan fingerprint density at radius 2 is 1.89 bits per heavy atom. The monoisotopic (exact) mass is 273 g/mol. The highest BCUT2D eigenvalue weighted by molar-refractivity contribution is 6.30. The van der Waals surface area contributed by atoms with E-state index in [1.807, 2.05) is 24.3 Å². The average molecular weight is 274 g/mol. The molecule has 0 aliphatic heterocycles. The van der Waals surface area contributed by atoms with Gasteiger partial charge in [-0.2, -0.15) is 0 Å². The predicted octanol–water partition coefficient (Wildman–Crippen LogP) is 4.20. The first-order chi connectivity index (χ1) is 9.33. The van der Waals surface area contributed by atoms with Crippen molar-refractivity contribution in [1.29, 1.82) is 0 Å². The van der Waals surface area contributed by atoms with Crippen molar-refractivity contribution in [3.63, 3.8) is 0 Å². The summed E-state index contributed by atoms with van der Waals surface area (Å²) in [5.74, 6) is 0.502. The van der Waals surface area contributed by atoms with Gasteiger partial charge in [-0.3, -0.25) is 0 Å². The van der Waals surface area contributed by atoms with E-state index in [-0.39, 0.29) is 0 Å². The van der Waals surface area contributed by atoms with Crippen LogP contribution in [0.25, 0.3) is 0 Å². The molecule has 1 aliphatic rings. The first-order valence-electron chi connectivity index (χ1n) is 6.59. The second-order valence-corrected chi connectivity index (χ2v) is 5.33. The second-order valence-electron chi connectivity index (χ2n) is 4.97. The summed E-state index contributed by atoms with van der Waals surface area (Å²) in [5, 5.41) is 0.633. The third-order valence-electron chi connectivity index (χ3n) is 3.65. The van der Waals surface area contributed by atoms with Gasteiger partial charge in [-0.1, -0.05) is 48.0 Å². The molecule has 1 saturated carbocycles. The van der Waals surface area contributed by atoms with Gasteiger partial charge in [-0.15, -0.1) is 0 Å². The molecule has 0 saturated heterocycles. The normalized spacial score (nSPS) is 21.9. The summed E-state index contributed by atoms with van der Waals surface area (Å²) in [4.78, 5) is 4.13. The molecule has 3 heteroatoms. The Hall–Kier alpha value is -1.38. The molecule has 0 spiro atoms. The average Bonchev–Trinajstić information content (AvgIpc) is 2.40. The molecule has 1 aliphatic carbocycles. The van der Waals surface area contributed by atoms with Gasteiger partial charge in [0.15, 0.2) is 0 Å². The van der Waals surface area contributed by atoms with E-state index in [1.54, 1.807) is 6.20 Å². The number of nitrogens with zero attached hydrogens (tertiary/aromatic N) is 1. The van der Waals surface area contributed by atoms with Crippen molar-refractivity contribution in [2.45, 2.75) is 31.5 Å². The molecule has 1 aromatic heterocycles. The lowest BCUT2D eigenvalue weighted by molar-refractivity contribution is -0.0207. The summed E-state index contributed by atoms with van der Waals surface area (Å²) in [5.41, 5.74) is 2.38. The van der Waals surface area contributed by atoms with Crippen LogP contribution in [0.2, 0.25) is 5.15 Å². The lowest BCUT2D eigenvalue weighted by Crippen LogP contribution is -2.29. The SMILES string of the molecule is Clc1ncccc1C1CC(OCc2ccccc2)C1. The van der Waals surface area contributed by atoms with Crippen LogP contribution in [0.1, 0.15) is 29.9 Å². The minimum atomic E-state index is 0.349. The maximum atomic E-state index is 6.10. The topological polar surface area (TPSA) is 22.1 Å². The van der Waals surface area contributed by atoms with Crippen molar-refractivity contribution < 1.29 is 4.74 Å². The smallest absolute Gasteiger partial charge is 0.132 e. The highest BCUT2D eigenvalue weighted by Crippen LogP contribution is 2.41. The van der Waals surface area contributed by atoms with E-state index in [0.717, 1.165) is 18.4 Å². The van der Waals surface area contributed by atoms with Crippen molar-refractivity contribution in [2.75, 3.05) is 0 Å². The van der Waals surface area contributed by atoms with Crippen LogP contribution in [0.4, 0.5) is 0 Å². The Morgan fingerprint density at radius 1 is 1.11 bits per heavy atom. The van der Waals surface area contributed by atoms with Crippen LogP contribution >= 0.6 is 11.6 Å². The number of rotatable bonds is 4. The minimum absolute atomic E-state index is 0.349. The van der Waals surface area contributed by atoms with E-state index in [0.29, 0.717) is 23.8 Å². The van der Waals surface area contributed by atoms with Crippen molar-refractivity contribution in [1.82, 2.24) is 4.98 Å². The van der Waals surface area contributed by atoms with Gasteiger partial charge in [0.1, 0.15) is 5.15 Å². The third kappa shape index (κ3) is 2.96. The van der Waals surface area contributed by atoms with Gasteiger partial charge in [0.2, 0.25) is 0 Å². The Balaban J connectivity index is 1.50. The number of aromatic nitrogens is 1. The maximum Gasteiger partial charge on any atom is 0.132 e. The number of hydrogen-bond donors (Lipinski definition) is 0. The molecule has 2 aromatic rings. The summed E-state index contributed by atoms with van der Waals surface area (Å²) in [6, 6.07) is 14.3. The molecule has 0 amide bonds. The molecule has 19 heavy (non-hydrogen) atoms. The first kappa shape index (κ1) is 12.6. The molecular formula is C16H16ClNO. The van der Waals surface area contributed by atoms with Crippen LogP contribution in [0.3, 0.4) is 0 Å². The van der Waals surface area contributed by atoms with Crippen molar-refractivity contribution in [3.05, 3.63) is 64.9 Å². The molecule has 1 fully saturated rings. The van der Waals surface area contributed by atoms with Crippen LogP contribution in [-0.2, 0) is 11.3 Å². The van der Waals surface area contributed by atoms with Crippen LogP contribution in [-0.4, -0.2) is 11.1 Å². The highest BCUT2D eigenvalue weighted by Gasteiger charge is 2.32. The second kappa shape index (κ2) is 5.72. The first-order valence-corrected chi connectivity index (χ1v) is 6.96. The van der Waals surface area contributed by atoms with E-state index in [1.165, 1.54) is 5.56 Å². The zero-order valence-corrected chi connectivity index (χ0v) is 11.4. The molecule has 0 N–H and O–H groups in total.